The van der Waals surface area contributed by atoms with Gasteiger partial charge in [-0.15, -0.1) is 5.92 Å². The molecule has 0 aliphatic carbocycles. The molecule has 0 heterocycles. The van der Waals surface area contributed by atoms with Gasteiger partial charge in [0, 0.05) is 10.1 Å². The van der Waals surface area contributed by atoms with E-state index in [1.807, 2.05) is 6.92 Å². The molecule has 0 aromatic heterocycles. The maximum absolute atomic E-state index is 3.25. The van der Waals surface area contributed by atoms with Crippen molar-refractivity contribution in [1.82, 2.24) is 5.32 Å². The highest BCUT2D eigenvalue weighted by molar-refractivity contribution is 14.1. The van der Waals surface area contributed by atoms with Crippen molar-refractivity contribution in [2.24, 2.45) is 0 Å². The Kier molecular flexibility index (Phi) is 4.87. The highest BCUT2D eigenvalue weighted by Gasteiger charge is 1.90. The first-order valence-electron chi connectivity index (χ1n) is 4.17. The fourth-order valence-corrected chi connectivity index (χ4v) is 1.32. The summed E-state index contributed by atoms with van der Waals surface area (Å²) in [5.41, 5.74) is 1.30. The molecule has 1 nitrogen and oxygen atoms in total. The van der Waals surface area contributed by atoms with Crippen molar-refractivity contribution in [3.05, 3.63) is 33.4 Å². The molecular formula is C11H12IN. The van der Waals surface area contributed by atoms with Gasteiger partial charge in [-0.2, -0.15) is 0 Å². The van der Waals surface area contributed by atoms with Crippen LogP contribution < -0.4 is 5.32 Å². The smallest absolute Gasteiger partial charge is 0.0578 e. The third-order valence-corrected chi connectivity index (χ3v) is 2.35. The number of hydrogen-bond donors (Lipinski definition) is 1. The van der Waals surface area contributed by atoms with E-state index < -0.39 is 0 Å². The first kappa shape index (κ1) is 10.6. The highest BCUT2D eigenvalue weighted by atomic mass is 127. The molecule has 0 aliphatic heterocycles. The summed E-state index contributed by atoms with van der Waals surface area (Å²) in [6.07, 6.45) is 0. The van der Waals surface area contributed by atoms with E-state index in [1.165, 1.54) is 9.13 Å². The van der Waals surface area contributed by atoms with Crippen molar-refractivity contribution in [2.45, 2.75) is 13.5 Å². The predicted octanol–water partition coefficient (Wildman–Crippen LogP) is 2.40. The van der Waals surface area contributed by atoms with Gasteiger partial charge in [-0.05, 0) is 47.2 Å². The van der Waals surface area contributed by atoms with Crippen molar-refractivity contribution in [3.63, 3.8) is 0 Å². The Morgan fingerprint density at radius 1 is 1.31 bits per heavy atom. The van der Waals surface area contributed by atoms with E-state index in [9.17, 15) is 0 Å². The number of nitrogens with one attached hydrogen (secondary N) is 1. The standard InChI is InChI=1S/C11H12IN/c1-2-3-8-13-9-10-4-6-11(12)7-5-10/h4-7,13H,8-9H2,1H3. The average molecular weight is 285 g/mol. The minimum atomic E-state index is 0.766. The van der Waals surface area contributed by atoms with E-state index in [-0.39, 0.29) is 0 Å². The monoisotopic (exact) mass is 285 g/mol. The molecule has 68 valence electrons. The van der Waals surface area contributed by atoms with Gasteiger partial charge >= 0.3 is 0 Å². The molecule has 0 radical (unpaired) electrons. The molecule has 0 fully saturated rings. The Bertz CT molecular complexity index is 305. The fourth-order valence-electron chi connectivity index (χ4n) is 0.960. The van der Waals surface area contributed by atoms with Crippen molar-refractivity contribution in [3.8, 4) is 11.8 Å². The van der Waals surface area contributed by atoms with Gasteiger partial charge in [0.1, 0.15) is 0 Å². The largest absolute Gasteiger partial charge is 0.302 e. The summed E-state index contributed by atoms with van der Waals surface area (Å²) in [4.78, 5) is 0. The van der Waals surface area contributed by atoms with Gasteiger partial charge in [-0.25, -0.2) is 0 Å². The van der Waals surface area contributed by atoms with Crippen LogP contribution in [0.25, 0.3) is 0 Å². The third kappa shape index (κ3) is 4.30. The van der Waals surface area contributed by atoms with Crippen LogP contribution in [0.4, 0.5) is 0 Å². The molecule has 0 saturated carbocycles. The van der Waals surface area contributed by atoms with Crippen LogP contribution in [0, 0.1) is 15.4 Å². The van der Waals surface area contributed by atoms with E-state index >= 15 is 0 Å². The van der Waals surface area contributed by atoms with Crippen molar-refractivity contribution in [1.29, 1.82) is 0 Å². The number of rotatable bonds is 3. The summed E-state index contributed by atoms with van der Waals surface area (Å²) in [7, 11) is 0. The SMILES string of the molecule is CC#CCNCc1ccc(I)cc1. The van der Waals surface area contributed by atoms with Crippen LogP contribution in [-0.2, 0) is 6.54 Å². The van der Waals surface area contributed by atoms with E-state index in [1.54, 1.807) is 0 Å². The van der Waals surface area contributed by atoms with Gasteiger partial charge in [-0.1, -0.05) is 18.1 Å². The molecule has 1 aromatic rings. The minimum absolute atomic E-state index is 0.766. The molecule has 0 atom stereocenters. The Labute approximate surface area is 93.1 Å². The van der Waals surface area contributed by atoms with Crippen LogP contribution in [0.5, 0.6) is 0 Å². The maximum Gasteiger partial charge on any atom is 0.0578 e. The fraction of sp³-hybridized carbons (Fsp3) is 0.273. The summed E-state index contributed by atoms with van der Waals surface area (Å²) in [6.45, 7) is 3.51. The molecule has 0 aliphatic rings. The van der Waals surface area contributed by atoms with Gasteiger partial charge in [0.15, 0.2) is 0 Å². The number of hydrogen-bond acceptors (Lipinski definition) is 1. The molecule has 1 N–H and O–H groups in total. The van der Waals surface area contributed by atoms with Crippen LogP contribution in [0.2, 0.25) is 0 Å². The van der Waals surface area contributed by atoms with Gasteiger partial charge in [0.05, 0.1) is 6.54 Å². The average Bonchev–Trinajstić information content (AvgIpc) is 2.15. The molecule has 1 aromatic carbocycles. The van der Waals surface area contributed by atoms with Crippen LogP contribution in [0.15, 0.2) is 24.3 Å². The molecule has 0 saturated heterocycles. The lowest BCUT2D eigenvalue weighted by molar-refractivity contribution is 0.770. The molecule has 0 unspecified atom stereocenters. The van der Waals surface area contributed by atoms with E-state index in [0.717, 1.165) is 13.1 Å². The summed E-state index contributed by atoms with van der Waals surface area (Å²) in [5, 5.41) is 3.25. The number of halogens is 1. The van der Waals surface area contributed by atoms with E-state index in [0.29, 0.717) is 0 Å². The molecular weight excluding hydrogens is 273 g/mol. The molecule has 2 heteroatoms. The summed E-state index contributed by atoms with van der Waals surface area (Å²) < 4.78 is 1.27. The summed E-state index contributed by atoms with van der Waals surface area (Å²) in [6, 6.07) is 8.49. The van der Waals surface area contributed by atoms with Crippen molar-refractivity contribution in [2.75, 3.05) is 6.54 Å². The molecule has 1 rings (SSSR count). The Balaban J connectivity index is 2.36. The van der Waals surface area contributed by atoms with Crippen molar-refractivity contribution < 1.29 is 0 Å². The maximum atomic E-state index is 3.25. The van der Waals surface area contributed by atoms with Crippen molar-refractivity contribution >= 4 is 22.6 Å². The first-order valence-corrected chi connectivity index (χ1v) is 5.25. The van der Waals surface area contributed by atoms with Crippen LogP contribution in [0.1, 0.15) is 12.5 Å². The second-order valence-electron chi connectivity index (χ2n) is 2.66. The predicted molar refractivity (Wildman–Crippen MR) is 64.3 cm³/mol. The lowest BCUT2D eigenvalue weighted by atomic mass is 10.2. The minimum Gasteiger partial charge on any atom is -0.302 e. The van der Waals surface area contributed by atoms with Gasteiger partial charge in [0.2, 0.25) is 0 Å². The normalized spacial score (nSPS) is 9.08. The van der Waals surface area contributed by atoms with Gasteiger partial charge in [-0.3, -0.25) is 0 Å². The zero-order chi connectivity index (χ0) is 9.52. The Morgan fingerprint density at radius 2 is 2.00 bits per heavy atom. The number of benzene rings is 1. The zero-order valence-electron chi connectivity index (χ0n) is 7.60. The van der Waals surface area contributed by atoms with Gasteiger partial charge in [0.25, 0.3) is 0 Å². The quantitative estimate of drug-likeness (QED) is 0.511. The Hall–Kier alpha value is -0.530. The van der Waals surface area contributed by atoms with E-state index in [2.05, 4.69) is 64.0 Å². The topological polar surface area (TPSA) is 12.0 Å². The second-order valence-corrected chi connectivity index (χ2v) is 3.90. The molecule has 0 spiro atoms. The van der Waals surface area contributed by atoms with Gasteiger partial charge < -0.3 is 5.32 Å². The van der Waals surface area contributed by atoms with Crippen LogP contribution >= 0.6 is 22.6 Å². The first-order chi connectivity index (χ1) is 6.33. The Morgan fingerprint density at radius 3 is 2.62 bits per heavy atom. The van der Waals surface area contributed by atoms with E-state index in [4.69, 9.17) is 0 Å². The highest BCUT2D eigenvalue weighted by Crippen LogP contribution is 2.05. The molecule has 0 bridgehead atoms. The van der Waals surface area contributed by atoms with Crippen LogP contribution in [0.3, 0.4) is 0 Å². The summed E-state index contributed by atoms with van der Waals surface area (Å²) in [5.74, 6) is 5.82. The molecule has 13 heavy (non-hydrogen) atoms. The zero-order valence-corrected chi connectivity index (χ0v) is 9.76. The third-order valence-electron chi connectivity index (χ3n) is 1.63. The van der Waals surface area contributed by atoms with Crippen LogP contribution in [-0.4, -0.2) is 6.54 Å². The summed E-state index contributed by atoms with van der Waals surface area (Å²) >= 11 is 2.30. The molecule has 0 amide bonds. The second kappa shape index (κ2) is 6.01. The lowest BCUT2D eigenvalue weighted by Gasteiger charge is -2.00. The lowest BCUT2D eigenvalue weighted by Crippen LogP contribution is -2.12.